The molecule has 1 heterocycles. The van der Waals surface area contributed by atoms with Crippen LogP contribution >= 0.6 is 23.2 Å². The molecule has 0 fully saturated rings. The molecule has 0 saturated heterocycles. The minimum absolute atomic E-state index is 0.0634. The summed E-state index contributed by atoms with van der Waals surface area (Å²) in [6.45, 7) is 4.54. The molecule has 3 heteroatoms. The molecule has 0 spiro atoms. The van der Waals surface area contributed by atoms with E-state index in [9.17, 15) is 0 Å². The van der Waals surface area contributed by atoms with E-state index in [-0.39, 0.29) is 5.41 Å². The Bertz CT molecular complexity index is 861. The van der Waals surface area contributed by atoms with Gasteiger partial charge in [-0.1, -0.05) is 73.4 Å². The van der Waals surface area contributed by atoms with Crippen molar-refractivity contribution in [3.63, 3.8) is 0 Å². The summed E-state index contributed by atoms with van der Waals surface area (Å²) in [5.74, 6) is 0. The molecule has 0 bridgehead atoms. The molecule has 1 aliphatic heterocycles. The van der Waals surface area contributed by atoms with Crippen LogP contribution in [-0.4, -0.2) is 0 Å². The third-order valence-corrected chi connectivity index (χ3v) is 5.18. The standard InChI is InChI=1S/C21H17Cl2N/c1-21(2)17-7-3-5-9-19(17)24(20-10-6-4-8-18(20)21)16-12-14(22)11-15(23)13-16/h3-13H,1-2H3. The molecule has 0 aromatic heterocycles. The second kappa shape index (κ2) is 5.54. The first-order valence-corrected chi connectivity index (χ1v) is 8.69. The smallest absolute Gasteiger partial charge is 0.0502 e. The van der Waals surface area contributed by atoms with Crippen LogP contribution in [0.2, 0.25) is 10.0 Å². The number of nitrogens with zero attached hydrogens (tertiary/aromatic N) is 1. The highest BCUT2D eigenvalue weighted by Crippen LogP contribution is 2.51. The quantitative estimate of drug-likeness (QED) is 0.450. The summed E-state index contributed by atoms with van der Waals surface area (Å²) in [6.07, 6.45) is 0. The fourth-order valence-corrected chi connectivity index (χ4v) is 4.13. The van der Waals surface area contributed by atoms with Crippen LogP contribution in [0, 0.1) is 0 Å². The van der Waals surface area contributed by atoms with Gasteiger partial charge in [0.15, 0.2) is 0 Å². The molecule has 1 aliphatic rings. The van der Waals surface area contributed by atoms with Crippen molar-refractivity contribution < 1.29 is 0 Å². The van der Waals surface area contributed by atoms with E-state index < -0.39 is 0 Å². The van der Waals surface area contributed by atoms with Gasteiger partial charge >= 0.3 is 0 Å². The van der Waals surface area contributed by atoms with Gasteiger partial charge < -0.3 is 4.90 Å². The first-order chi connectivity index (χ1) is 11.5. The molecule has 0 atom stereocenters. The van der Waals surface area contributed by atoms with Gasteiger partial charge in [0.25, 0.3) is 0 Å². The zero-order valence-electron chi connectivity index (χ0n) is 13.6. The lowest BCUT2D eigenvalue weighted by molar-refractivity contribution is 0.632. The van der Waals surface area contributed by atoms with Gasteiger partial charge in [-0.2, -0.15) is 0 Å². The summed E-state index contributed by atoms with van der Waals surface area (Å²) in [6, 6.07) is 22.7. The highest BCUT2D eigenvalue weighted by Gasteiger charge is 2.36. The molecule has 0 saturated carbocycles. The molecule has 3 aromatic rings. The van der Waals surface area contributed by atoms with E-state index in [4.69, 9.17) is 23.2 Å². The predicted molar refractivity (Wildman–Crippen MR) is 103 cm³/mol. The summed E-state index contributed by atoms with van der Waals surface area (Å²) < 4.78 is 0. The number of hydrogen-bond acceptors (Lipinski definition) is 1. The van der Waals surface area contributed by atoms with E-state index in [0.717, 1.165) is 5.69 Å². The van der Waals surface area contributed by atoms with Gasteiger partial charge in [-0.15, -0.1) is 0 Å². The summed E-state index contributed by atoms with van der Waals surface area (Å²) in [5.41, 5.74) is 5.83. The van der Waals surface area contributed by atoms with E-state index in [1.165, 1.54) is 22.5 Å². The van der Waals surface area contributed by atoms with E-state index >= 15 is 0 Å². The number of halogens is 2. The molecule has 120 valence electrons. The highest BCUT2D eigenvalue weighted by atomic mass is 35.5. The van der Waals surface area contributed by atoms with Crippen LogP contribution in [0.1, 0.15) is 25.0 Å². The maximum absolute atomic E-state index is 6.27. The molecule has 3 aromatic carbocycles. The number of fused-ring (bicyclic) bond motifs is 2. The first-order valence-electron chi connectivity index (χ1n) is 7.94. The zero-order chi connectivity index (χ0) is 16.9. The van der Waals surface area contributed by atoms with Gasteiger partial charge in [-0.25, -0.2) is 0 Å². The van der Waals surface area contributed by atoms with Gasteiger partial charge in [-0.3, -0.25) is 0 Å². The number of benzene rings is 3. The lowest BCUT2D eigenvalue weighted by Gasteiger charge is -2.42. The zero-order valence-corrected chi connectivity index (χ0v) is 15.1. The minimum Gasteiger partial charge on any atom is -0.310 e. The Morgan fingerprint density at radius 3 is 1.67 bits per heavy atom. The van der Waals surface area contributed by atoms with Crippen molar-refractivity contribution in [1.82, 2.24) is 0 Å². The molecular weight excluding hydrogens is 337 g/mol. The second-order valence-electron chi connectivity index (χ2n) is 6.62. The third-order valence-electron chi connectivity index (χ3n) is 4.74. The van der Waals surface area contributed by atoms with Crippen LogP contribution in [-0.2, 0) is 5.41 Å². The van der Waals surface area contributed by atoms with Crippen molar-refractivity contribution in [3.05, 3.63) is 87.9 Å². The van der Waals surface area contributed by atoms with Gasteiger partial charge in [0.2, 0.25) is 0 Å². The molecule has 4 rings (SSSR count). The maximum Gasteiger partial charge on any atom is 0.0502 e. The Morgan fingerprint density at radius 1 is 0.708 bits per heavy atom. The van der Waals surface area contributed by atoms with Crippen LogP contribution in [0.25, 0.3) is 0 Å². The van der Waals surface area contributed by atoms with Crippen LogP contribution < -0.4 is 4.90 Å². The second-order valence-corrected chi connectivity index (χ2v) is 7.50. The minimum atomic E-state index is -0.0634. The Labute approximate surface area is 152 Å². The number of hydrogen-bond donors (Lipinski definition) is 0. The Morgan fingerprint density at radius 2 is 1.17 bits per heavy atom. The van der Waals surface area contributed by atoms with Crippen LogP contribution in [0.3, 0.4) is 0 Å². The van der Waals surface area contributed by atoms with Crippen molar-refractivity contribution in [2.24, 2.45) is 0 Å². The van der Waals surface area contributed by atoms with Gasteiger partial charge in [0.05, 0.1) is 11.4 Å². The monoisotopic (exact) mass is 353 g/mol. The van der Waals surface area contributed by atoms with E-state index in [2.05, 4.69) is 67.3 Å². The number of anilines is 3. The number of rotatable bonds is 1. The lowest BCUT2D eigenvalue weighted by atomic mass is 9.73. The Balaban J connectivity index is 2.05. The largest absolute Gasteiger partial charge is 0.310 e. The van der Waals surface area contributed by atoms with E-state index in [1.54, 1.807) is 6.07 Å². The maximum atomic E-state index is 6.27. The average molecular weight is 354 g/mol. The van der Waals surface area contributed by atoms with E-state index in [1.807, 2.05) is 12.1 Å². The third kappa shape index (κ3) is 2.31. The molecule has 0 amide bonds. The van der Waals surface area contributed by atoms with Gasteiger partial charge in [-0.05, 0) is 41.5 Å². The average Bonchev–Trinajstić information content (AvgIpc) is 2.54. The summed E-state index contributed by atoms with van der Waals surface area (Å²) in [7, 11) is 0. The number of para-hydroxylation sites is 2. The van der Waals surface area contributed by atoms with Crippen molar-refractivity contribution in [2.75, 3.05) is 4.90 Å². The normalized spacial score (nSPS) is 14.9. The predicted octanol–water partition coefficient (Wildman–Crippen LogP) is 7.10. The van der Waals surface area contributed by atoms with Gasteiger partial charge in [0, 0.05) is 21.1 Å². The molecular formula is C21H17Cl2N. The Hall–Kier alpha value is -1.96. The lowest BCUT2D eigenvalue weighted by Crippen LogP contribution is -2.30. The van der Waals surface area contributed by atoms with Crippen LogP contribution in [0.4, 0.5) is 17.1 Å². The first kappa shape index (κ1) is 15.6. The van der Waals surface area contributed by atoms with Crippen LogP contribution in [0.5, 0.6) is 0 Å². The van der Waals surface area contributed by atoms with E-state index in [0.29, 0.717) is 10.0 Å². The Kier molecular flexibility index (Phi) is 3.59. The molecule has 24 heavy (non-hydrogen) atoms. The van der Waals surface area contributed by atoms with Crippen molar-refractivity contribution in [3.8, 4) is 0 Å². The summed E-state index contributed by atoms with van der Waals surface area (Å²) in [5, 5.41) is 1.27. The molecule has 0 radical (unpaired) electrons. The highest BCUT2D eigenvalue weighted by molar-refractivity contribution is 6.35. The molecule has 0 N–H and O–H groups in total. The van der Waals surface area contributed by atoms with Crippen molar-refractivity contribution in [1.29, 1.82) is 0 Å². The fraction of sp³-hybridized carbons (Fsp3) is 0.143. The van der Waals surface area contributed by atoms with Gasteiger partial charge in [0.1, 0.15) is 0 Å². The molecule has 0 aliphatic carbocycles. The SMILES string of the molecule is CC1(C)c2ccccc2N(c2cc(Cl)cc(Cl)c2)c2ccccc21. The van der Waals surface area contributed by atoms with Crippen LogP contribution in [0.15, 0.2) is 66.7 Å². The fourth-order valence-electron chi connectivity index (χ4n) is 3.62. The topological polar surface area (TPSA) is 3.24 Å². The van der Waals surface area contributed by atoms with Crippen molar-refractivity contribution >= 4 is 40.3 Å². The summed E-state index contributed by atoms with van der Waals surface area (Å²) >= 11 is 12.5. The molecule has 0 unspecified atom stereocenters. The molecule has 1 nitrogen and oxygen atoms in total. The van der Waals surface area contributed by atoms with Crippen molar-refractivity contribution in [2.45, 2.75) is 19.3 Å². The summed E-state index contributed by atoms with van der Waals surface area (Å²) in [4.78, 5) is 2.24.